The van der Waals surface area contributed by atoms with Gasteiger partial charge in [-0.2, -0.15) is 0 Å². The summed E-state index contributed by atoms with van der Waals surface area (Å²) >= 11 is 0. The van der Waals surface area contributed by atoms with Crippen LogP contribution >= 0.6 is 0 Å². The first-order chi connectivity index (χ1) is 10.2. The molecule has 1 aromatic heterocycles. The van der Waals surface area contributed by atoms with Gasteiger partial charge in [-0.05, 0) is 24.8 Å². The molecule has 1 saturated carbocycles. The number of nitrogens with zero attached hydrogens (tertiary/aromatic N) is 2. The molecule has 2 aliphatic rings. The second kappa shape index (κ2) is 6.95. The Balaban J connectivity index is 1.40. The van der Waals surface area contributed by atoms with Gasteiger partial charge in [0.2, 0.25) is 0 Å². The molecule has 0 atom stereocenters. The third-order valence-corrected chi connectivity index (χ3v) is 4.35. The van der Waals surface area contributed by atoms with E-state index in [1.807, 2.05) is 6.26 Å². The Kier molecular flexibility index (Phi) is 4.99. The first-order valence-electron chi connectivity index (χ1n) is 8.43. The summed E-state index contributed by atoms with van der Waals surface area (Å²) in [7, 11) is 0. The normalized spacial score (nSPS) is 21.3. The minimum Gasteiger partial charge on any atom is -0.468 e. The Morgan fingerprint density at radius 3 is 2.57 bits per heavy atom. The van der Waals surface area contributed by atoms with Crippen LogP contribution in [-0.4, -0.2) is 48.6 Å². The first kappa shape index (κ1) is 15.1. The predicted molar refractivity (Wildman–Crippen MR) is 85.1 cm³/mol. The molecule has 0 aromatic carbocycles. The van der Waals surface area contributed by atoms with Crippen molar-refractivity contribution < 1.29 is 4.42 Å². The minimum atomic E-state index is 0.761. The van der Waals surface area contributed by atoms with Gasteiger partial charge < -0.3 is 14.6 Å². The third kappa shape index (κ3) is 4.83. The number of furan rings is 1. The number of piperazine rings is 1. The summed E-state index contributed by atoms with van der Waals surface area (Å²) in [6.07, 6.45) is 4.59. The molecule has 0 bridgehead atoms. The van der Waals surface area contributed by atoms with E-state index in [2.05, 4.69) is 35.0 Å². The van der Waals surface area contributed by atoms with Crippen molar-refractivity contribution in [2.45, 2.75) is 45.8 Å². The van der Waals surface area contributed by atoms with Gasteiger partial charge in [0.25, 0.3) is 0 Å². The Labute approximate surface area is 128 Å². The topological polar surface area (TPSA) is 31.6 Å². The highest BCUT2D eigenvalue weighted by Crippen LogP contribution is 2.20. The second-order valence-corrected chi connectivity index (χ2v) is 7.05. The lowest BCUT2D eigenvalue weighted by Gasteiger charge is -2.35. The molecule has 0 unspecified atom stereocenters. The first-order valence-corrected chi connectivity index (χ1v) is 8.43. The van der Waals surface area contributed by atoms with Gasteiger partial charge in [0.05, 0.1) is 12.8 Å². The average molecular weight is 291 g/mol. The molecule has 2 fully saturated rings. The average Bonchev–Trinajstić information content (AvgIpc) is 3.18. The van der Waals surface area contributed by atoms with Gasteiger partial charge in [0.1, 0.15) is 5.76 Å². The molecule has 2 heterocycles. The molecule has 21 heavy (non-hydrogen) atoms. The fraction of sp³-hybridized carbons (Fsp3) is 0.765. The van der Waals surface area contributed by atoms with Crippen molar-refractivity contribution in [2.24, 2.45) is 5.92 Å². The molecule has 4 heteroatoms. The molecule has 118 valence electrons. The Hall–Kier alpha value is -0.840. The number of rotatable bonds is 7. The van der Waals surface area contributed by atoms with Crippen molar-refractivity contribution in [3.8, 4) is 0 Å². The number of nitrogens with one attached hydrogen (secondary N) is 1. The highest BCUT2D eigenvalue weighted by Gasteiger charge is 2.21. The lowest BCUT2D eigenvalue weighted by molar-refractivity contribution is 0.112. The lowest BCUT2D eigenvalue weighted by Crippen LogP contribution is -2.46. The molecule has 0 amide bonds. The molecule has 1 aromatic rings. The van der Waals surface area contributed by atoms with Crippen LogP contribution in [0, 0.1) is 5.92 Å². The lowest BCUT2D eigenvalue weighted by atomic mass is 10.2. The number of hydrogen-bond acceptors (Lipinski definition) is 4. The number of hydrogen-bond donors (Lipinski definition) is 1. The largest absolute Gasteiger partial charge is 0.468 e. The Bertz CT molecular complexity index is 431. The van der Waals surface area contributed by atoms with E-state index in [0.717, 1.165) is 43.9 Å². The zero-order chi connectivity index (χ0) is 14.7. The van der Waals surface area contributed by atoms with E-state index < -0.39 is 0 Å². The Morgan fingerprint density at radius 2 is 1.90 bits per heavy atom. The molecule has 0 spiro atoms. The fourth-order valence-electron chi connectivity index (χ4n) is 3.02. The molecule has 1 N–H and O–H groups in total. The maximum Gasteiger partial charge on any atom is 0.118 e. The van der Waals surface area contributed by atoms with Crippen LogP contribution in [0.2, 0.25) is 0 Å². The van der Waals surface area contributed by atoms with E-state index in [-0.39, 0.29) is 0 Å². The van der Waals surface area contributed by atoms with Crippen molar-refractivity contribution in [3.05, 3.63) is 23.7 Å². The van der Waals surface area contributed by atoms with E-state index in [9.17, 15) is 0 Å². The van der Waals surface area contributed by atoms with Crippen LogP contribution in [0.15, 0.2) is 16.7 Å². The van der Waals surface area contributed by atoms with Crippen molar-refractivity contribution in [1.29, 1.82) is 0 Å². The van der Waals surface area contributed by atoms with E-state index >= 15 is 0 Å². The summed E-state index contributed by atoms with van der Waals surface area (Å²) in [6.45, 7) is 12.4. The summed E-state index contributed by atoms with van der Waals surface area (Å²) in [4.78, 5) is 5.09. The van der Waals surface area contributed by atoms with Gasteiger partial charge in [-0.25, -0.2) is 0 Å². The molecule has 1 aliphatic carbocycles. The van der Waals surface area contributed by atoms with E-state index in [1.165, 1.54) is 38.0 Å². The van der Waals surface area contributed by atoms with Crippen molar-refractivity contribution >= 4 is 0 Å². The molecule has 1 aliphatic heterocycles. The minimum absolute atomic E-state index is 0.761. The van der Waals surface area contributed by atoms with Crippen molar-refractivity contribution in [3.63, 3.8) is 0 Å². The van der Waals surface area contributed by atoms with Crippen molar-refractivity contribution in [2.75, 3.05) is 32.7 Å². The summed E-state index contributed by atoms with van der Waals surface area (Å²) in [6, 6.07) is 2.98. The monoisotopic (exact) mass is 291 g/mol. The van der Waals surface area contributed by atoms with Gasteiger partial charge in [0, 0.05) is 50.9 Å². The quantitative estimate of drug-likeness (QED) is 0.835. The zero-order valence-electron chi connectivity index (χ0n) is 13.5. The maximum atomic E-state index is 5.72. The van der Waals surface area contributed by atoms with Gasteiger partial charge >= 0.3 is 0 Å². The summed E-state index contributed by atoms with van der Waals surface area (Å²) < 4.78 is 5.72. The highest BCUT2D eigenvalue weighted by atomic mass is 16.3. The fourth-order valence-corrected chi connectivity index (χ4v) is 3.02. The van der Waals surface area contributed by atoms with Crippen LogP contribution in [0.3, 0.4) is 0 Å². The van der Waals surface area contributed by atoms with Crippen LogP contribution in [0.5, 0.6) is 0 Å². The van der Waals surface area contributed by atoms with E-state index in [0.29, 0.717) is 0 Å². The zero-order valence-corrected chi connectivity index (χ0v) is 13.5. The molecular weight excluding hydrogens is 262 g/mol. The van der Waals surface area contributed by atoms with Crippen LogP contribution in [0.25, 0.3) is 0 Å². The van der Waals surface area contributed by atoms with Crippen LogP contribution in [0.4, 0.5) is 0 Å². The van der Waals surface area contributed by atoms with Crippen LogP contribution < -0.4 is 5.32 Å². The highest BCUT2D eigenvalue weighted by molar-refractivity contribution is 5.13. The molecule has 0 radical (unpaired) electrons. The second-order valence-electron chi connectivity index (χ2n) is 7.05. The third-order valence-electron chi connectivity index (χ3n) is 4.35. The van der Waals surface area contributed by atoms with E-state index in [1.54, 1.807) is 0 Å². The van der Waals surface area contributed by atoms with Crippen molar-refractivity contribution in [1.82, 2.24) is 15.1 Å². The summed E-state index contributed by atoms with van der Waals surface area (Å²) in [5.74, 6) is 1.88. The maximum absolute atomic E-state index is 5.72. The smallest absolute Gasteiger partial charge is 0.118 e. The van der Waals surface area contributed by atoms with E-state index in [4.69, 9.17) is 4.42 Å². The standard InChI is InChI=1S/C17H29N3O/c1-14(2)11-19-5-7-20(8-6-19)12-17-9-15(13-21-17)10-18-16-3-4-16/h9,13-14,16,18H,3-8,10-12H2,1-2H3. The van der Waals surface area contributed by atoms with Gasteiger partial charge in [-0.3, -0.25) is 4.90 Å². The van der Waals surface area contributed by atoms with Crippen LogP contribution in [0.1, 0.15) is 38.0 Å². The van der Waals surface area contributed by atoms with Gasteiger partial charge in [-0.15, -0.1) is 0 Å². The summed E-state index contributed by atoms with van der Waals surface area (Å²) in [5.41, 5.74) is 1.29. The molecule has 3 rings (SSSR count). The molecule has 1 saturated heterocycles. The molecule has 4 nitrogen and oxygen atoms in total. The van der Waals surface area contributed by atoms with Gasteiger partial charge in [-0.1, -0.05) is 13.8 Å². The SMILES string of the molecule is CC(C)CN1CCN(Cc2cc(CNC3CC3)co2)CC1. The summed E-state index contributed by atoms with van der Waals surface area (Å²) in [5, 5.41) is 3.53. The molecular formula is C17H29N3O. The van der Waals surface area contributed by atoms with Crippen LogP contribution in [-0.2, 0) is 13.1 Å². The Morgan fingerprint density at radius 1 is 1.19 bits per heavy atom. The van der Waals surface area contributed by atoms with Gasteiger partial charge in [0.15, 0.2) is 0 Å². The predicted octanol–water partition coefficient (Wildman–Crippen LogP) is 2.31.